The molecule has 0 saturated carbocycles. The van der Waals surface area contributed by atoms with Gasteiger partial charge in [0.25, 0.3) is 11.8 Å². The predicted octanol–water partition coefficient (Wildman–Crippen LogP) is 4.44. The number of nitrogens with one attached hydrogen (secondary N) is 2. The van der Waals surface area contributed by atoms with E-state index in [2.05, 4.69) is 20.6 Å². The Morgan fingerprint density at radius 3 is 2.45 bits per heavy atom. The van der Waals surface area contributed by atoms with E-state index in [0.29, 0.717) is 22.5 Å². The Labute approximate surface area is 167 Å². The van der Waals surface area contributed by atoms with E-state index < -0.39 is 0 Å². The number of pyridine rings is 2. The van der Waals surface area contributed by atoms with E-state index in [0.717, 1.165) is 16.5 Å². The van der Waals surface area contributed by atoms with Crippen molar-refractivity contribution in [3.8, 4) is 0 Å². The summed E-state index contributed by atoms with van der Waals surface area (Å²) >= 11 is 0. The molecule has 0 radical (unpaired) electrons. The van der Waals surface area contributed by atoms with Crippen molar-refractivity contribution < 1.29 is 9.59 Å². The third kappa shape index (κ3) is 3.96. The molecule has 0 atom stereocenters. The van der Waals surface area contributed by atoms with Crippen molar-refractivity contribution in [2.24, 2.45) is 0 Å². The number of nitrogens with zero attached hydrogens (tertiary/aromatic N) is 2. The maximum Gasteiger partial charge on any atom is 0.257 e. The van der Waals surface area contributed by atoms with Gasteiger partial charge in [0.2, 0.25) is 0 Å². The van der Waals surface area contributed by atoms with Gasteiger partial charge in [0.1, 0.15) is 0 Å². The molecule has 2 amide bonds. The number of aromatic nitrogens is 2. The van der Waals surface area contributed by atoms with Gasteiger partial charge in [-0.05, 0) is 61.0 Å². The largest absolute Gasteiger partial charge is 0.322 e. The van der Waals surface area contributed by atoms with Gasteiger partial charge in [-0.2, -0.15) is 0 Å². The standard InChI is InChI=1S/C23H18N4O2/c1-15-9-10-20(19-8-4-12-25-21(15)19)27-22(28)16-5-2-7-18(13-16)26-23(29)17-6-3-11-24-14-17/h2-14H,1H3,(H,26,29)(H,27,28). The third-order valence-corrected chi connectivity index (χ3v) is 4.53. The van der Waals surface area contributed by atoms with Gasteiger partial charge in [0.15, 0.2) is 0 Å². The number of carbonyl (C=O) groups excluding carboxylic acids is 2. The second kappa shape index (κ2) is 7.90. The van der Waals surface area contributed by atoms with Gasteiger partial charge >= 0.3 is 0 Å². The van der Waals surface area contributed by atoms with Gasteiger partial charge in [0.05, 0.1) is 16.8 Å². The van der Waals surface area contributed by atoms with Crippen molar-refractivity contribution in [2.75, 3.05) is 10.6 Å². The highest BCUT2D eigenvalue weighted by atomic mass is 16.2. The minimum absolute atomic E-state index is 0.267. The van der Waals surface area contributed by atoms with Gasteiger partial charge in [0, 0.05) is 35.2 Å². The third-order valence-electron chi connectivity index (χ3n) is 4.53. The zero-order chi connectivity index (χ0) is 20.2. The molecule has 142 valence electrons. The topological polar surface area (TPSA) is 84.0 Å². The predicted molar refractivity (Wildman–Crippen MR) is 113 cm³/mol. The summed E-state index contributed by atoms with van der Waals surface area (Å²) in [5, 5.41) is 6.60. The smallest absolute Gasteiger partial charge is 0.257 e. The molecule has 2 aromatic carbocycles. The van der Waals surface area contributed by atoms with E-state index in [1.807, 2.05) is 31.2 Å². The first-order chi connectivity index (χ1) is 14.1. The van der Waals surface area contributed by atoms with Crippen LogP contribution in [0.1, 0.15) is 26.3 Å². The molecule has 0 fully saturated rings. The highest BCUT2D eigenvalue weighted by Crippen LogP contribution is 2.25. The van der Waals surface area contributed by atoms with Crippen LogP contribution in [0.3, 0.4) is 0 Å². The van der Waals surface area contributed by atoms with Crippen LogP contribution in [-0.4, -0.2) is 21.8 Å². The van der Waals surface area contributed by atoms with Gasteiger partial charge in [-0.15, -0.1) is 0 Å². The summed E-state index contributed by atoms with van der Waals surface area (Å²) < 4.78 is 0. The van der Waals surface area contributed by atoms with Crippen molar-refractivity contribution >= 4 is 34.1 Å². The fourth-order valence-corrected chi connectivity index (χ4v) is 3.06. The van der Waals surface area contributed by atoms with E-state index in [4.69, 9.17) is 0 Å². The number of carbonyl (C=O) groups is 2. The quantitative estimate of drug-likeness (QED) is 0.546. The number of amides is 2. The van der Waals surface area contributed by atoms with Crippen LogP contribution in [0.25, 0.3) is 10.9 Å². The molecule has 0 aliphatic heterocycles. The van der Waals surface area contributed by atoms with Gasteiger partial charge in [-0.1, -0.05) is 12.1 Å². The molecular weight excluding hydrogens is 364 g/mol. The second-order valence-corrected chi connectivity index (χ2v) is 6.56. The fourth-order valence-electron chi connectivity index (χ4n) is 3.06. The Hall–Kier alpha value is -4.06. The van der Waals surface area contributed by atoms with E-state index in [-0.39, 0.29) is 11.8 Å². The minimum Gasteiger partial charge on any atom is -0.322 e. The summed E-state index contributed by atoms with van der Waals surface area (Å²) in [7, 11) is 0. The molecule has 0 bridgehead atoms. The molecule has 0 unspecified atom stereocenters. The molecule has 4 aromatic rings. The average molecular weight is 382 g/mol. The van der Waals surface area contributed by atoms with E-state index in [9.17, 15) is 9.59 Å². The van der Waals surface area contributed by atoms with Gasteiger partial charge < -0.3 is 10.6 Å². The lowest BCUT2D eigenvalue weighted by Gasteiger charge is -2.11. The highest BCUT2D eigenvalue weighted by Gasteiger charge is 2.12. The van der Waals surface area contributed by atoms with Crippen molar-refractivity contribution in [1.29, 1.82) is 0 Å². The lowest BCUT2D eigenvalue weighted by Crippen LogP contribution is -2.15. The SMILES string of the molecule is Cc1ccc(NC(=O)c2cccc(NC(=O)c3cccnc3)c2)c2cccnc12. The van der Waals surface area contributed by atoms with Crippen molar-refractivity contribution in [2.45, 2.75) is 6.92 Å². The van der Waals surface area contributed by atoms with E-state index in [1.165, 1.54) is 6.20 Å². The summed E-state index contributed by atoms with van der Waals surface area (Å²) in [6.07, 6.45) is 4.82. The minimum atomic E-state index is -0.286. The van der Waals surface area contributed by atoms with Crippen LogP contribution >= 0.6 is 0 Å². The Morgan fingerprint density at radius 2 is 1.62 bits per heavy atom. The molecule has 2 N–H and O–H groups in total. The van der Waals surface area contributed by atoms with Crippen molar-refractivity contribution in [3.05, 3.63) is 95.9 Å². The van der Waals surface area contributed by atoms with E-state index in [1.54, 1.807) is 48.8 Å². The Kier molecular flexibility index (Phi) is 4.99. The molecule has 0 aliphatic rings. The highest BCUT2D eigenvalue weighted by molar-refractivity contribution is 6.10. The number of fused-ring (bicyclic) bond motifs is 1. The monoisotopic (exact) mass is 382 g/mol. The number of hydrogen-bond donors (Lipinski definition) is 2. The molecule has 0 spiro atoms. The van der Waals surface area contributed by atoms with Gasteiger partial charge in [-0.3, -0.25) is 19.6 Å². The first-order valence-electron chi connectivity index (χ1n) is 9.09. The number of aryl methyl sites for hydroxylation is 1. The van der Waals surface area contributed by atoms with Crippen molar-refractivity contribution in [3.63, 3.8) is 0 Å². The fraction of sp³-hybridized carbons (Fsp3) is 0.0435. The van der Waals surface area contributed by atoms with Gasteiger partial charge in [-0.25, -0.2) is 0 Å². The number of benzene rings is 2. The Balaban J connectivity index is 1.55. The maximum atomic E-state index is 12.8. The summed E-state index contributed by atoms with van der Waals surface area (Å²) in [5.41, 5.74) is 3.99. The Morgan fingerprint density at radius 1 is 0.828 bits per heavy atom. The molecule has 4 rings (SSSR count). The van der Waals surface area contributed by atoms with Crippen LogP contribution in [0.5, 0.6) is 0 Å². The summed E-state index contributed by atoms with van der Waals surface area (Å²) in [6.45, 7) is 1.98. The first-order valence-corrected chi connectivity index (χ1v) is 9.09. The molecule has 0 saturated heterocycles. The first kappa shape index (κ1) is 18.3. The molecule has 0 aliphatic carbocycles. The summed E-state index contributed by atoms with van der Waals surface area (Å²) in [6, 6.07) is 17.7. The summed E-state index contributed by atoms with van der Waals surface area (Å²) in [5.74, 6) is -0.553. The molecular formula is C23H18N4O2. The second-order valence-electron chi connectivity index (χ2n) is 6.56. The lowest BCUT2D eigenvalue weighted by atomic mass is 10.1. The molecule has 2 heterocycles. The van der Waals surface area contributed by atoms with E-state index >= 15 is 0 Å². The molecule has 6 heteroatoms. The van der Waals surface area contributed by atoms with Crippen molar-refractivity contribution in [1.82, 2.24) is 9.97 Å². The number of anilines is 2. The lowest BCUT2D eigenvalue weighted by molar-refractivity contribution is 0.101. The van der Waals surface area contributed by atoms with Crippen LogP contribution in [0, 0.1) is 6.92 Å². The van der Waals surface area contributed by atoms with Crippen LogP contribution in [0.2, 0.25) is 0 Å². The zero-order valence-electron chi connectivity index (χ0n) is 15.7. The molecule has 6 nitrogen and oxygen atoms in total. The average Bonchev–Trinajstić information content (AvgIpc) is 2.76. The number of rotatable bonds is 4. The molecule has 29 heavy (non-hydrogen) atoms. The van der Waals surface area contributed by atoms with Crippen LogP contribution in [-0.2, 0) is 0 Å². The van der Waals surface area contributed by atoms with Crippen LogP contribution in [0.4, 0.5) is 11.4 Å². The van der Waals surface area contributed by atoms with Crippen LogP contribution < -0.4 is 10.6 Å². The van der Waals surface area contributed by atoms with Crippen LogP contribution in [0.15, 0.2) is 79.3 Å². The molecule has 2 aromatic heterocycles. The number of hydrogen-bond acceptors (Lipinski definition) is 4. The zero-order valence-corrected chi connectivity index (χ0v) is 15.7. The normalized spacial score (nSPS) is 10.5. The Bertz CT molecular complexity index is 1210. The summed E-state index contributed by atoms with van der Waals surface area (Å²) in [4.78, 5) is 33.4. The maximum absolute atomic E-state index is 12.8.